The summed E-state index contributed by atoms with van der Waals surface area (Å²) in [4.78, 5) is 20.8. The highest BCUT2D eigenvalue weighted by Crippen LogP contribution is 2.30. The van der Waals surface area contributed by atoms with E-state index < -0.39 is 13.0 Å². The molecule has 0 saturated heterocycles. The molecular formula is C21H20BN5O3. The Hall–Kier alpha value is -3.69. The van der Waals surface area contributed by atoms with Crippen molar-refractivity contribution < 1.29 is 14.8 Å². The largest absolute Gasteiger partial charge is 0.488 e. The van der Waals surface area contributed by atoms with Crippen LogP contribution >= 0.6 is 0 Å². The Balaban J connectivity index is 1.64. The summed E-state index contributed by atoms with van der Waals surface area (Å²) >= 11 is 0. The van der Waals surface area contributed by atoms with Crippen LogP contribution < -0.4 is 16.5 Å². The van der Waals surface area contributed by atoms with Gasteiger partial charge < -0.3 is 25.7 Å². The Morgan fingerprint density at radius 2 is 1.97 bits per heavy atom. The van der Waals surface area contributed by atoms with Gasteiger partial charge in [0.2, 0.25) is 5.91 Å². The number of nitrogens with two attached hydrogens (primary N) is 1. The minimum absolute atomic E-state index is 0.429. The van der Waals surface area contributed by atoms with Crippen molar-refractivity contribution >= 4 is 35.1 Å². The number of nitrogens with one attached hydrogen (secondary N) is 1. The summed E-state index contributed by atoms with van der Waals surface area (Å²) < 4.78 is 1.88. The number of amides is 1. The highest BCUT2D eigenvalue weighted by Gasteiger charge is 2.16. The predicted molar refractivity (Wildman–Crippen MR) is 116 cm³/mol. The molecule has 1 amide bonds. The summed E-state index contributed by atoms with van der Waals surface area (Å²) in [6, 6.07) is 14.2. The van der Waals surface area contributed by atoms with Gasteiger partial charge in [0, 0.05) is 42.3 Å². The highest BCUT2D eigenvalue weighted by molar-refractivity contribution is 6.58. The molecule has 0 radical (unpaired) electrons. The van der Waals surface area contributed by atoms with E-state index in [-0.39, 0.29) is 0 Å². The average Bonchev–Trinajstić information content (AvgIpc) is 3.08. The van der Waals surface area contributed by atoms with Crippen LogP contribution in [0.25, 0.3) is 22.3 Å². The number of carbonyl (C=O) groups excluding carboxylic acids is 1. The molecule has 9 heteroatoms. The lowest BCUT2D eigenvalue weighted by atomic mass is 9.80. The lowest BCUT2D eigenvalue weighted by molar-refractivity contribution is 0.100. The van der Waals surface area contributed by atoms with Gasteiger partial charge in [-0.2, -0.15) is 0 Å². The lowest BCUT2D eigenvalue weighted by Gasteiger charge is -2.09. The number of benzene rings is 2. The second-order valence-corrected chi connectivity index (χ2v) is 6.96. The summed E-state index contributed by atoms with van der Waals surface area (Å²) in [6.07, 6.45) is 3.51. The van der Waals surface area contributed by atoms with Gasteiger partial charge in [-0.15, -0.1) is 0 Å². The summed E-state index contributed by atoms with van der Waals surface area (Å²) in [5.41, 5.74) is 8.05. The Morgan fingerprint density at radius 3 is 2.73 bits per heavy atom. The number of carbonyl (C=O) groups is 1. The van der Waals surface area contributed by atoms with Crippen LogP contribution in [0.3, 0.4) is 0 Å². The zero-order valence-electron chi connectivity index (χ0n) is 16.3. The van der Waals surface area contributed by atoms with Crippen molar-refractivity contribution in [2.24, 2.45) is 12.8 Å². The minimum atomic E-state index is -1.51. The molecule has 2 heterocycles. The molecule has 0 aliphatic heterocycles. The summed E-state index contributed by atoms with van der Waals surface area (Å²) in [7, 11) is 0.362. The van der Waals surface area contributed by atoms with Gasteiger partial charge in [0.1, 0.15) is 5.82 Å². The van der Waals surface area contributed by atoms with E-state index in [1.165, 1.54) is 0 Å². The van der Waals surface area contributed by atoms with Crippen LogP contribution in [-0.4, -0.2) is 37.6 Å². The van der Waals surface area contributed by atoms with E-state index in [9.17, 15) is 14.8 Å². The van der Waals surface area contributed by atoms with Crippen molar-refractivity contribution in [2.45, 2.75) is 6.54 Å². The molecule has 4 rings (SSSR count). The Labute approximate surface area is 173 Å². The van der Waals surface area contributed by atoms with Crippen LogP contribution in [0, 0.1) is 0 Å². The van der Waals surface area contributed by atoms with Gasteiger partial charge in [0.25, 0.3) is 0 Å². The van der Waals surface area contributed by atoms with E-state index in [1.807, 2.05) is 29.9 Å². The van der Waals surface area contributed by atoms with Crippen LogP contribution in [0.4, 0.5) is 5.82 Å². The van der Waals surface area contributed by atoms with Gasteiger partial charge in [0.05, 0.1) is 5.69 Å². The van der Waals surface area contributed by atoms with Gasteiger partial charge >= 0.3 is 7.12 Å². The number of anilines is 1. The van der Waals surface area contributed by atoms with E-state index in [2.05, 4.69) is 15.3 Å². The molecule has 0 atom stereocenters. The maximum atomic E-state index is 11.8. The van der Waals surface area contributed by atoms with E-state index in [0.717, 1.165) is 22.0 Å². The molecule has 4 aromatic rings. The topological polar surface area (TPSA) is 126 Å². The van der Waals surface area contributed by atoms with Crippen molar-refractivity contribution in [3.63, 3.8) is 0 Å². The fourth-order valence-corrected chi connectivity index (χ4v) is 3.48. The van der Waals surface area contributed by atoms with Gasteiger partial charge in [0.15, 0.2) is 5.82 Å². The number of rotatable bonds is 6. The predicted octanol–water partition coefficient (Wildman–Crippen LogP) is 1.03. The smallest absolute Gasteiger partial charge is 0.423 e. The molecule has 2 aromatic heterocycles. The summed E-state index contributed by atoms with van der Waals surface area (Å²) in [5, 5.41) is 23.5. The molecule has 8 nitrogen and oxygen atoms in total. The monoisotopic (exact) mass is 401 g/mol. The van der Waals surface area contributed by atoms with Crippen LogP contribution in [0.2, 0.25) is 0 Å². The number of aromatic nitrogens is 3. The molecule has 0 spiro atoms. The number of nitrogens with zero attached hydrogens (tertiary/aromatic N) is 3. The number of fused-ring (bicyclic) bond motifs is 1. The molecule has 0 aliphatic rings. The van der Waals surface area contributed by atoms with Gasteiger partial charge in [-0.1, -0.05) is 36.4 Å². The quantitative estimate of drug-likeness (QED) is 0.358. The minimum Gasteiger partial charge on any atom is -0.423 e. The third-order valence-electron chi connectivity index (χ3n) is 4.89. The standard InChI is InChI=1S/C21H20BN5O3/c1-27-12-17-15(6-3-7-16(17)20(23)28)19(27)21-24-9-8-18(26-21)25-11-13-4-2-5-14(10-13)22(29)30/h2-10,12,29-30H,11H2,1H3,(H2,23,28)(H,24,25,26). The first-order valence-electron chi connectivity index (χ1n) is 9.34. The van der Waals surface area contributed by atoms with Gasteiger partial charge in [-0.3, -0.25) is 4.79 Å². The fourth-order valence-electron chi connectivity index (χ4n) is 3.48. The summed E-state index contributed by atoms with van der Waals surface area (Å²) in [5.74, 6) is 0.651. The maximum absolute atomic E-state index is 11.8. The Bertz CT molecular complexity index is 1240. The maximum Gasteiger partial charge on any atom is 0.488 e. The first-order chi connectivity index (χ1) is 14.4. The fraction of sp³-hybridized carbons (Fsp3) is 0.0952. The van der Waals surface area contributed by atoms with Gasteiger partial charge in [-0.05, 0) is 23.2 Å². The second kappa shape index (κ2) is 7.98. The summed E-state index contributed by atoms with van der Waals surface area (Å²) in [6.45, 7) is 0.455. The van der Waals surface area contributed by atoms with Crippen molar-refractivity contribution in [3.05, 3.63) is 72.1 Å². The molecule has 0 unspecified atom stereocenters. The molecule has 5 N–H and O–H groups in total. The SMILES string of the molecule is Cn1cc2c(C(N)=O)cccc2c1-c1nccc(NCc2cccc(B(O)O)c2)n1. The molecule has 30 heavy (non-hydrogen) atoms. The average molecular weight is 401 g/mol. The molecule has 0 saturated carbocycles. The zero-order chi connectivity index (χ0) is 21.3. The van der Waals surface area contributed by atoms with Crippen molar-refractivity contribution in [2.75, 3.05) is 5.32 Å². The van der Waals surface area contributed by atoms with Crippen molar-refractivity contribution in [1.82, 2.24) is 14.5 Å². The highest BCUT2D eigenvalue weighted by atomic mass is 16.4. The normalized spacial score (nSPS) is 10.9. The first kappa shape index (κ1) is 19.6. The molecule has 0 bridgehead atoms. The van der Waals surface area contributed by atoms with Gasteiger partial charge in [-0.25, -0.2) is 9.97 Å². The van der Waals surface area contributed by atoms with Crippen LogP contribution in [0.5, 0.6) is 0 Å². The number of primary amides is 1. The molecule has 0 aliphatic carbocycles. The van der Waals surface area contributed by atoms with E-state index in [0.29, 0.717) is 29.2 Å². The van der Waals surface area contributed by atoms with Crippen molar-refractivity contribution in [1.29, 1.82) is 0 Å². The zero-order valence-corrected chi connectivity index (χ0v) is 16.3. The van der Waals surface area contributed by atoms with Crippen LogP contribution in [0.15, 0.2) is 60.9 Å². The Kier molecular flexibility index (Phi) is 5.22. The van der Waals surface area contributed by atoms with E-state index >= 15 is 0 Å². The third kappa shape index (κ3) is 3.76. The first-order valence-corrected chi connectivity index (χ1v) is 9.34. The second-order valence-electron chi connectivity index (χ2n) is 6.96. The number of aryl methyl sites for hydroxylation is 1. The van der Waals surface area contributed by atoms with E-state index in [4.69, 9.17) is 5.73 Å². The van der Waals surface area contributed by atoms with Crippen LogP contribution in [0.1, 0.15) is 15.9 Å². The molecule has 150 valence electrons. The van der Waals surface area contributed by atoms with Crippen LogP contribution in [-0.2, 0) is 13.6 Å². The molecular weight excluding hydrogens is 381 g/mol. The number of hydrogen-bond donors (Lipinski definition) is 4. The van der Waals surface area contributed by atoms with Crippen molar-refractivity contribution in [3.8, 4) is 11.5 Å². The van der Waals surface area contributed by atoms with E-state index in [1.54, 1.807) is 42.6 Å². The Morgan fingerprint density at radius 1 is 1.17 bits per heavy atom. The molecule has 2 aromatic carbocycles. The lowest BCUT2D eigenvalue weighted by Crippen LogP contribution is -2.30. The number of hydrogen-bond acceptors (Lipinski definition) is 6. The third-order valence-corrected chi connectivity index (χ3v) is 4.89. The molecule has 0 fully saturated rings.